The molecule has 1 aromatic rings. The van der Waals surface area contributed by atoms with Crippen LogP contribution in [0.15, 0.2) is 18.2 Å². The summed E-state index contributed by atoms with van der Waals surface area (Å²) in [7, 11) is 2.03. The van der Waals surface area contributed by atoms with Gasteiger partial charge in [-0.1, -0.05) is 30.7 Å². The van der Waals surface area contributed by atoms with Gasteiger partial charge >= 0.3 is 0 Å². The van der Waals surface area contributed by atoms with Crippen molar-refractivity contribution in [3.8, 4) is 0 Å². The molecule has 0 aliphatic rings. The molecule has 0 fully saturated rings. The van der Waals surface area contributed by atoms with Gasteiger partial charge in [0.1, 0.15) is 0 Å². The number of thioether (sulfide) groups is 1. The lowest BCUT2D eigenvalue weighted by Crippen LogP contribution is -2.35. The van der Waals surface area contributed by atoms with Crippen LogP contribution in [0.1, 0.15) is 18.1 Å². The Labute approximate surface area is 114 Å². The Morgan fingerprint density at radius 3 is 2.65 bits per heavy atom. The summed E-state index contributed by atoms with van der Waals surface area (Å²) in [6, 6.07) is 6.81. The third kappa shape index (κ3) is 4.53. The van der Waals surface area contributed by atoms with Gasteiger partial charge in [-0.15, -0.1) is 0 Å². The molecule has 0 bridgehead atoms. The summed E-state index contributed by atoms with van der Waals surface area (Å²) < 4.78 is 0. The van der Waals surface area contributed by atoms with Gasteiger partial charge in [0.15, 0.2) is 0 Å². The van der Waals surface area contributed by atoms with Crippen LogP contribution >= 0.6 is 23.4 Å². The van der Waals surface area contributed by atoms with Crippen LogP contribution in [0.3, 0.4) is 0 Å². The van der Waals surface area contributed by atoms with Crippen molar-refractivity contribution in [2.75, 3.05) is 19.1 Å². The number of hydrogen-bond acceptors (Lipinski definition) is 2. The average molecular weight is 272 g/mol. The molecular formula is C14H22ClNS. The minimum Gasteiger partial charge on any atom is -0.316 e. The first kappa shape index (κ1) is 14.9. The quantitative estimate of drug-likeness (QED) is 0.845. The summed E-state index contributed by atoms with van der Waals surface area (Å²) in [5.41, 5.74) is 2.46. The van der Waals surface area contributed by atoms with Gasteiger partial charge in [0.05, 0.1) is 0 Å². The highest BCUT2D eigenvalue weighted by molar-refractivity contribution is 7.98. The third-order valence-corrected chi connectivity index (χ3v) is 4.35. The lowest BCUT2D eigenvalue weighted by atomic mass is 9.96. The Hall–Kier alpha value is -0.180. The van der Waals surface area contributed by atoms with Crippen LogP contribution < -0.4 is 5.32 Å². The predicted octanol–water partition coefficient (Wildman–Crippen LogP) is 3.78. The fourth-order valence-corrected chi connectivity index (χ4v) is 3.09. The molecule has 0 amide bonds. The van der Waals surface area contributed by atoms with Crippen LogP contribution in [0.4, 0.5) is 0 Å². The van der Waals surface area contributed by atoms with E-state index in [9.17, 15) is 0 Å². The summed E-state index contributed by atoms with van der Waals surface area (Å²) >= 11 is 8.18. The summed E-state index contributed by atoms with van der Waals surface area (Å²) in [5.74, 6) is 1.82. The van der Waals surface area contributed by atoms with E-state index < -0.39 is 0 Å². The van der Waals surface area contributed by atoms with Gasteiger partial charge in [0.25, 0.3) is 0 Å². The third-order valence-electron chi connectivity index (χ3n) is 3.14. The van der Waals surface area contributed by atoms with Gasteiger partial charge in [0, 0.05) is 11.1 Å². The van der Waals surface area contributed by atoms with Crippen LogP contribution in [-0.4, -0.2) is 25.1 Å². The monoisotopic (exact) mass is 271 g/mol. The second kappa shape index (κ2) is 7.30. The topological polar surface area (TPSA) is 12.0 Å². The first-order valence-corrected chi connectivity index (χ1v) is 7.77. The van der Waals surface area contributed by atoms with Crippen molar-refractivity contribution >= 4 is 23.4 Å². The largest absolute Gasteiger partial charge is 0.316 e. The van der Waals surface area contributed by atoms with Gasteiger partial charge in [-0.2, -0.15) is 11.8 Å². The molecule has 1 N–H and O–H groups in total. The molecule has 0 heterocycles. The minimum absolute atomic E-state index is 0.489. The first-order valence-electron chi connectivity index (χ1n) is 5.99. The van der Waals surface area contributed by atoms with Crippen molar-refractivity contribution < 1.29 is 0 Å². The molecule has 1 nitrogen and oxygen atoms in total. The van der Waals surface area contributed by atoms with Gasteiger partial charge in [-0.25, -0.2) is 0 Å². The molecule has 0 aliphatic heterocycles. The van der Waals surface area contributed by atoms with Crippen LogP contribution in [-0.2, 0) is 6.42 Å². The maximum atomic E-state index is 6.28. The Morgan fingerprint density at radius 1 is 1.41 bits per heavy atom. The molecule has 0 saturated carbocycles. The Morgan fingerprint density at radius 2 is 2.12 bits per heavy atom. The molecule has 3 heteroatoms. The number of hydrogen-bond donors (Lipinski definition) is 1. The summed E-state index contributed by atoms with van der Waals surface area (Å²) in [6.45, 7) is 4.36. The van der Waals surface area contributed by atoms with Gasteiger partial charge in [-0.05, 0) is 55.5 Å². The summed E-state index contributed by atoms with van der Waals surface area (Å²) in [5, 5.41) is 4.30. The van der Waals surface area contributed by atoms with E-state index in [4.69, 9.17) is 11.6 Å². The normalized spacial score (nSPS) is 14.6. The molecule has 0 radical (unpaired) electrons. The zero-order chi connectivity index (χ0) is 12.8. The fourth-order valence-electron chi connectivity index (χ4n) is 2.02. The van der Waals surface area contributed by atoms with Gasteiger partial charge < -0.3 is 5.32 Å². The molecule has 2 atom stereocenters. The highest BCUT2D eigenvalue weighted by Gasteiger charge is 2.16. The molecule has 0 aliphatic carbocycles. The number of halogens is 1. The number of rotatable bonds is 6. The van der Waals surface area contributed by atoms with Gasteiger partial charge in [-0.3, -0.25) is 0 Å². The maximum absolute atomic E-state index is 6.28. The molecule has 0 spiro atoms. The Balaban J connectivity index is 2.73. The van der Waals surface area contributed by atoms with E-state index in [1.165, 1.54) is 16.9 Å². The van der Waals surface area contributed by atoms with Crippen LogP contribution in [0.2, 0.25) is 5.02 Å². The molecular weight excluding hydrogens is 250 g/mol. The Bertz CT molecular complexity index is 354. The zero-order valence-electron chi connectivity index (χ0n) is 11.1. The Kier molecular flexibility index (Phi) is 6.39. The van der Waals surface area contributed by atoms with E-state index in [2.05, 4.69) is 37.6 Å². The lowest BCUT2D eigenvalue weighted by molar-refractivity contribution is 0.430. The highest BCUT2D eigenvalue weighted by atomic mass is 35.5. The maximum Gasteiger partial charge on any atom is 0.0441 e. The summed E-state index contributed by atoms with van der Waals surface area (Å²) in [6.07, 6.45) is 3.15. The first-order chi connectivity index (χ1) is 8.08. The van der Waals surface area contributed by atoms with Crippen LogP contribution in [0.25, 0.3) is 0 Å². The van der Waals surface area contributed by atoms with E-state index in [1.54, 1.807) is 0 Å². The van der Waals surface area contributed by atoms with Crippen molar-refractivity contribution in [2.24, 2.45) is 5.92 Å². The number of nitrogens with one attached hydrogen (secondary N) is 1. The molecule has 1 aromatic carbocycles. The van der Waals surface area contributed by atoms with E-state index >= 15 is 0 Å². The zero-order valence-corrected chi connectivity index (χ0v) is 12.7. The van der Waals surface area contributed by atoms with E-state index in [-0.39, 0.29) is 0 Å². The van der Waals surface area contributed by atoms with Crippen molar-refractivity contribution in [3.63, 3.8) is 0 Å². The second-order valence-corrected chi connectivity index (χ2v) is 5.94. The van der Waals surface area contributed by atoms with Crippen LogP contribution in [0.5, 0.6) is 0 Å². The smallest absolute Gasteiger partial charge is 0.0441 e. The molecule has 0 saturated heterocycles. The standard InChI is InChI=1S/C14H22ClNS/c1-10-5-6-12(13(15)7-10)8-14(16-3)11(2)9-17-4/h5-7,11,14,16H,8-9H2,1-4H3. The average Bonchev–Trinajstić information content (AvgIpc) is 2.28. The van der Waals surface area contributed by atoms with Crippen LogP contribution in [0, 0.1) is 12.8 Å². The van der Waals surface area contributed by atoms with E-state index in [1.807, 2.05) is 24.9 Å². The predicted molar refractivity (Wildman–Crippen MR) is 80.3 cm³/mol. The number of aryl methyl sites for hydroxylation is 1. The van der Waals surface area contributed by atoms with Gasteiger partial charge in [0.2, 0.25) is 0 Å². The highest BCUT2D eigenvalue weighted by Crippen LogP contribution is 2.21. The minimum atomic E-state index is 0.489. The van der Waals surface area contributed by atoms with E-state index in [0.29, 0.717) is 12.0 Å². The SMILES string of the molecule is CNC(Cc1ccc(C)cc1Cl)C(C)CSC. The van der Waals surface area contributed by atoms with E-state index in [0.717, 1.165) is 11.4 Å². The number of benzene rings is 1. The van der Waals surface area contributed by atoms with Crippen molar-refractivity contribution in [1.82, 2.24) is 5.32 Å². The number of likely N-dealkylation sites (N-methyl/N-ethyl adjacent to an activating group) is 1. The second-order valence-electron chi connectivity index (χ2n) is 4.63. The fraction of sp³-hybridized carbons (Fsp3) is 0.571. The molecule has 2 unspecified atom stereocenters. The molecule has 17 heavy (non-hydrogen) atoms. The van der Waals surface area contributed by atoms with Crippen molar-refractivity contribution in [1.29, 1.82) is 0 Å². The van der Waals surface area contributed by atoms with Crippen molar-refractivity contribution in [3.05, 3.63) is 34.3 Å². The molecule has 1 rings (SSSR count). The lowest BCUT2D eigenvalue weighted by Gasteiger charge is -2.23. The van der Waals surface area contributed by atoms with Crippen molar-refractivity contribution in [2.45, 2.75) is 26.3 Å². The molecule has 96 valence electrons. The molecule has 0 aromatic heterocycles. The summed E-state index contributed by atoms with van der Waals surface area (Å²) in [4.78, 5) is 0.